The molecule has 0 aliphatic heterocycles. The van der Waals surface area contributed by atoms with Crippen molar-refractivity contribution in [3.05, 3.63) is 95.4 Å². The van der Waals surface area contributed by atoms with Crippen LogP contribution in [0, 0.1) is 6.92 Å². The standard InChI is InChI=1S/C25H25N3O4S/c1-17-4-13-24-27-21(15-28(24)14-17)16-32-22-9-5-20(6-10-22)25(29)26-18(2)19-7-11-23(12-8-19)33(3,30)31/h4-15,18H,16H2,1-3H3,(H,26,29). The summed E-state index contributed by atoms with van der Waals surface area (Å²) in [5.74, 6) is 0.418. The number of aromatic nitrogens is 2. The van der Waals surface area contributed by atoms with Gasteiger partial charge in [0.05, 0.1) is 16.6 Å². The number of nitrogens with one attached hydrogen (secondary N) is 1. The summed E-state index contributed by atoms with van der Waals surface area (Å²) in [6.45, 7) is 4.21. The van der Waals surface area contributed by atoms with Gasteiger partial charge in [-0.1, -0.05) is 18.2 Å². The molecule has 4 aromatic rings. The van der Waals surface area contributed by atoms with E-state index in [0.717, 1.165) is 22.5 Å². The predicted octanol–water partition coefficient (Wildman–Crippen LogP) is 4.12. The van der Waals surface area contributed by atoms with Gasteiger partial charge in [-0.25, -0.2) is 13.4 Å². The third kappa shape index (κ3) is 5.40. The number of imidazole rings is 1. The van der Waals surface area contributed by atoms with E-state index in [4.69, 9.17) is 4.74 Å². The smallest absolute Gasteiger partial charge is 0.251 e. The number of fused-ring (bicyclic) bond motifs is 1. The average Bonchev–Trinajstić information content (AvgIpc) is 3.19. The Kier molecular flexibility index (Phi) is 6.20. The highest BCUT2D eigenvalue weighted by atomic mass is 32.2. The number of sulfone groups is 1. The summed E-state index contributed by atoms with van der Waals surface area (Å²) in [6, 6.07) is 17.1. The van der Waals surface area contributed by atoms with Crippen LogP contribution in [0.1, 0.15) is 40.1 Å². The topological polar surface area (TPSA) is 89.8 Å². The van der Waals surface area contributed by atoms with Gasteiger partial charge in [0.15, 0.2) is 9.84 Å². The number of carbonyl (C=O) groups excluding carboxylic acids is 1. The van der Waals surface area contributed by atoms with Gasteiger partial charge in [0.2, 0.25) is 0 Å². The first-order chi connectivity index (χ1) is 15.7. The van der Waals surface area contributed by atoms with Gasteiger partial charge < -0.3 is 14.5 Å². The number of carbonyl (C=O) groups is 1. The molecule has 0 fully saturated rings. The van der Waals surface area contributed by atoms with Crippen molar-refractivity contribution in [3.63, 3.8) is 0 Å². The van der Waals surface area contributed by atoms with Crippen molar-refractivity contribution in [1.82, 2.24) is 14.7 Å². The number of benzene rings is 2. The van der Waals surface area contributed by atoms with E-state index in [2.05, 4.69) is 10.3 Å². The van der Waals surface area contributed by atoms with Crippen LogP contribution in [-0.4, -0.2) is 30.0 Å². The normalized spacial score (nSPS) is 12.5. The molecule has 4 rings (SSSR count). The zero-order chi connectivity index (χ0) is 23.6. The van der Waals surface area contributed by atoms with Crippen molar-refractivity contribution >= 4 is 21.4 Å². The molecular formula is C25H25N3O4S. The molecule has 1 amide bonds. The predicted molar refractivity (Wildman–Crippen MR) is 126 cm³/mol. The summed E-state index contributed by atoms with van der Waals surface area (Å²) in [6.07, 6.45) is 5.12. The number of ether oxygens (including phenoxy) is 1. The van der Waals surface area contributed by atoms with Crippen LogP contribution in [0.2, 0.25) is 0 Å². The van der Waals surface area contributed by atoms with Crippen molar-refractivity contribution in [2.45, 2.75) is 31.4 Å². The van der Waals surface area contributed by atoms with E-state index in [1.165, 1.54) is 6.26 Å². The van der Waals surface area contributed by atoms with Gasteiger partial charge in [-0.2, -0.15) is 0 Å². The van der Waals surface area contributed by atoms with Crippen molar-refractivity contribution in [2.75, 3.05) is 6.26 Å². The maximum Gasteiger partial charge on any atom is 0.251 e. The lowest BCUT2D eigenvalue weighted by atomic mass is 10.1. The highest BCUT2D eigenvalue weighted by Gasteiger charge is 2.13. The van der Waals surface area contributed by atoms with Gasteiger partial charge in [-0.15, -0.1) is 0 Å². The molecule has 0 bridgehead atoms. The zero-order valence-electron chi connectivity index (χ0n) is 18.6. The maximum absolute atomic E-state index is 12.6. The van der Waals surface area contributed by atoms with Crippen molar-refractivity contribution in [2.24, 2.45) is 0 Å². The van der Waals surface area contributed by atoms with E-state index in [1.54, 1.807) is 48.5 Å². The second-order valence-electron chi connectivity index (χ2n) is 8.05. The second kappa shape index (κ2) is 9.07. The molecule has 0 saturated carbocycles. The van der Waals surface area contributed by atoms with Crippen LogP contribution in [0.4, 0.5) is 0 Å². The lowest BCUT2D eigenvalue weighted by Gasteiger charge is -2.15. The van der Waals surface area contributed by atoms with Crippen LogP contribution in [0.3, 0.4) is 0 Å². The van der Waals surface area contributed by atoms with Gasteiger partial charge in [0.25, 0.3) is 5.91 Å². The second-order valence-corrected chi connectivity index (χ2v) is 10.1. The molecule has 1 unspecified atom stereocenters. The quantitative estimate of drug-likeness (QED) is 0.445. The Morgan fingerprint density at radius 2 is 1.73 bits per heavy atom. The van der Waals surface area contributed by atoms with Crippen LogP contribution in [0.15, 0.2) is 78.0 Å². The van der Waals surface area contributed by atoms with E-state index in [9.17, 15) is 13.2 Å². The molecule has 0 radical (unpaired) electrons. The molecule has 1 N–H and O–H groups in total. The minimum absolute atomic E-state index is 0.225. The summed E-state index contributed by atoms with van der Waals surface area (Å²) in [5, 5.41) is 2.93. The largest absolute Gasteiger partial charge is 0.487 e. The van der Waals surface area contributed by atoms with Gasteiger partial charge in [-0.3, -0.25) is 4.79 Å². The third-order valence-electron chi connectivity index (χ3n) is 5.31. The molecule has 2 aromatic heterocycles. The first-order valence-corrected chi connectivity index (χ1v) is 12.4. The molecule has 0 spiro atoms. The minimum atomic E-state index is -3.25. The maximum atomic E-state index is 12.6. The molecule has 1 atom stereocenters. The molecular weight excluding hydrogens is 438 g/mol. The summed E-state index contributed by atoms with van der Waals surface area (Å²) in [4.78, 5) is 17.4. The molecule has 0 saturated heterocycles. The number of hydrogen-bond acceptors (Lipinski definition) is 5. The Hall–Kier alpha value is -3.65. The Balaban J connectivity index is 1.35. The van der Waals surface area contributed by atoms with Crippen LogP contribution in [0.5, 0.6) is 5.75 Å². The fourth-order valence-corrected chi connectivity index (χ4v) is 4.08. The lowest BCUT2D eigenvalue weighted by Crippen LogP contribution is -2.26. The van der Waals surface area contributed by atoms with Crippen LogP contribution in [-0.2, 0) is 16.4 Å². The minimum Gasteiger partial charge on any atom is -0.487 e. The Labute approximate surface area is 193 Å². The van der Waals surface area contributed by atoms with Gasteiger partial charge >= 0.3 is 0 Å². The monoisotopic (exact) mass is 463 g/mol. The number of aryl methyl sites for hydroxylation is 1. The third-order valence-corrected chi connectivity index (χ3v) is 6.44. The van der Waals surface area contributed by atoms with E-state index >= 15 is 0 Å². The summed E-state index contributed by atoms with van der Waals surface area (Å²) >= 11 is 0. The van der Waals surface area contributed by atoms with E-state index in [-0.39, 0.29) is 16.8 Å². The molecule has 170 valence electrons. The summed E-state index contributed by atoms with van der Waals surface area (Å²) in [7, 11) is -3.25. The van der Waals surface area contributed by atoms with Crippen LogP contribution < -0.4 is 10.1 Å². The number of amides is 1. The molecule has 2 aromatic carbocycles. The first-order valence-electron chi connectivity index (χ1n) is 10.5. The van der Waals surface area contributed by atoms with Crippen LogP contribution >= 0.6 is 0 Å². The zero-order valence-corrected chi connectivity index (χ0v) is 19.5. The Morgan fingerprint density at radius 1 is 1.03 bits per heavy atom. The first kappa shape index (κ1) is 22.5. The summed E-state index contributed by atoms with van der Waals surface area (Å²) in [5.41, 5.74) is 4.16. The number of nitrogens with zero attached hydrogens (tertiary/aromatic N) is 2. The highest BCUT2D eigenvalue weighted by molar-refractivity contribution is 7.90. The van der Waals surface area contributed by atoms with Gasteiger partial charge in [0.1, 0.15) is 18.0 Å². The fraction of sp³-hybridized carbons (Fsp3) is 0.200. The van der Waals surface area contributed by atoms with Crippen molar-refractivity contribution in [1.29, 1.82) is 0 Å². The average molecular weight is 464 g/mol. The van der Waals surface area contributed by atoms with Gasteiger partial charge in [-0.05, 0) is 67.4 Å². The van der Waals surface area contributed by atoms with E-state index < -0.39 is 9.84 Å². The molecule has 33 heavy (non-hydrogen) atoms. The van der Waals surface area contributed by atoms with Gasteiger partial charge in [0, 0.05) is 24.2 Å². The summed E-state index contributed by atoms with van der Waals surface area (Å²) < 4.78 is 31.0. The lowest BCUT2D eigenvalue weighted by molar-refractivity contribution is 0.0940. The Bertz CT molecular complexity index is 1390. The highest BCUT2D eigenvalue weighted by Crippen LogP contribution is 2.18. The molecule has 2 heterocycles. The van der Waals surface area contributed by atoms with E-state index in [0.29, 0.717) is 17.9 Å². The fourth-order valence-electron chi connectivity index (χ4n) is 3.45. The van der Waals surface area contributed by atoms with Crippen LogP contribution in [0.25, 0.3) is 5.65 Å². The molecule has 8 heteroatoms. The molecule has 0 aliphatic rings. The van der Waals surface area contributed by atoms with Crippen molar-refractivity contribution in [3.8, 4) is 5.75 Å². The van der Waals surface area contributed by atoms with E-state index in [1.807, 2.05) is 42.8 Å². The number of rotatable bonds is 7. The molecule has 7 nitrogen and oxygen atoms in total. The van der Waals surface area contributed by atoms with Crippen molar-refractivity contribution < 1.29 is 17.9 Å². The Morgan fingerprint density at radius 3 is 2.39 bits per heavy atom. The number of hydrogen-bond donors (Lipinski definition) is 1. The number of pyridine rings is 1. The SMILES string of the molecule is Cc1ccc2nc(COc3ccc(C(=O)NC(C)c4ccc(S(C)(=O)=O)cc4)cc3)cn2c1. The molecule has 0 aliphatic carbocycles.